The molecule has 2 aliphatic heterocycles. The molecule has 1 N–H and O–H groups in total. The van der Waals surface area contributed by atoms with Crippen molar-refractivity contribution in [2.24, 2.45) is 0 Å². The number of hydrogen-bond acceptors (Lipinski definition) is 9. The normalized spacial score (nSPS) is 18.7. The van der Waals surface area contributed by atoms with E-state index < -0.39 is 41.4 Å². The molecule has 1 saturated heterocycles. The molecule has 4 rings (SSSR count). The van der Waals surface area contributed by atoms with E-state index in [0.29, 0.717) is 5.69 Å². The van der Waals surface area contributed by atoms with Crippen LogP contribution in [0, 0.1) is 0 Å². The van der Waals surface area contributed by atoms with E-state index in [1.165, 1.54) is 10.7 Å². The first-order valence-corrected chi connectivity index (χ1v) is 11.6. The maximum atomic E-state index is 13.2. The Balaban J connectivity index is 1.46. The molecule has 1 fully saturated rings. The summed E-state index contributed by atoms with van der Waals surface area (Å²) < 4.78 is 12.8. The smallest absolute Gasteiger partial charge is 0.308 e. The number of esters is 1. The predicted octanol–water partition coefficient (Wildman–Crippen LogP) is 1.55. The lowest BCUT2D eigenvalue weighted by Crippen LogP contribution is -2.54. The molecule has 0 radical (unpaired) electrons. The number of carbonyl (C=O) groups excluding carboxylic acids is 5. The van der Waals surface area contributed by atoms with Crippen LogP contribution in [0.5, 0.6) is 5.75 Å². The summed E-state index contributed by atoms with van der Waals surface area (Å²) in [6.45, 7) is 7.35. The highest BCUT2D eigenvalue weighted by Gasteiger charge is 2.46. The van der Waals surface area contributed by atoms with Gasteiger partial charge in [0.1, 0.15) is 29.2 Å². The van der Waals surface area contributed by atoms with Crippen LogP contribution >= 0.6 is 0 Å². The lowest BCUT2D eigenvalue weighted by atomic mass is 10.0. The first kappa shape index (κ1) is 25.0. The molecule has 12 heteroatoms. The fourth-order valence-electron chi connectivity index (χ4n) is 4.04. The molecule has 1 aromatic heterocycles. The Hall–Kier alpha value is -4.09. The van der Waals surface area contributed by atoms with Crippen molar-refractivity contribution in [3.8, 4) is 5.75 Å². The predicted molar refractivity (Wildman–Crippen MR) is 123 cm³/mol. The molecule has 2 atom stereocenters. The second kappa shape index (κ2) is 9.51. The Labute approximate surface area is 206 Å². The second-order valence-electron chi connectivity index (χ2n) is 9.63. The number of aromatic nitrogens is 3. The number of fused-ring (bicyclic) bond motifs is 1. The average molecular weight is 498 g/mol. The number of hydrogen-bond donors (Lipinski definition) is 1. The number of piperidine rings is 1. The standard InChI is InChI=1S/C24H27N5O7/c1-13(15-12-28(27-26-15)11-10-19(31)36-24(2,3)4)35-17-7-5-6-14-20(17)23(34)29(22(14)33)16-8-9-18(30)25-21(16)32/h5-7,12-13,16H,8-11H2,1-4H3,(H,25,30,32). The van der Waals surface area contributed by atoms with Crippen molar-refractivity contribution in [3.63, 3.8) is 0 Å². The van der Waals surface area contributed by atoms with Crippen LogP contribution in [0.3, 0.4) is 0 Å². The number of aryl methyl sites for hydroxylation is 1. The zero-order chi connectivity index (χ0) is 26.2. The fraction of sp³-hybridized carbons (Fsp3) is 0.458. The Morgan fingerprint density at radius 2 is 1.94 bits per heavy atom. The molecular formula is C24H27N5O7. The third-order valence-electron chi connectivity index (χ3n) is 5.67. The maximum absolute atomic E-state index is 13.2. The molecule has 0 bridgehead atoms. The number of nitrogens with zero attached hydrogens (tertiary/aromatic N) is 4. The zero-order valence-electron chi connectivity index (χ0n) is 20.4. The van der Waals surface area contributed by atoms with Gasteiger partial charge in [0.05, 0.1) is 30.3 Å². The molecule has 1 aromatic carbocycles. The number of ether oxygens (including phenoxy) is 2. The van der Waals surface area contributed by atoms with Gasteiger partial charge in [0.15, 0.2) is 0 Å². The molecule has 2 aliphatic rings. The van der Waals surface area contributed by atoms with E-state index in [2.05, 4.69) is 15.6 Å². The summed E-state index contributed by atoms with van der Waals surface area (Å²) in [7, 11) is 0. The van der Waals surface area contributed by atoms with Crippen molar-refractivity contribution in [2.75, 3.05) is 0 Å². The van der Waals surface area contributed by atoms with Gasteiger partial charge in [-0.3, -0.25) is 38.9 Å². The summed E-state index contributed by atoms with van der Waals surface area (Å²) in [5.74, 6) is -2.59. The van der Waals surface area contributed by atoms with Crippen LogP contribution in [-0.4, -0.2) is 61.1 Å². The lowest BCUT2D eigenvalue weighted by molar-refractivity contribution is -0.155. The van der Waals surface area contributed by atoms with Crippen LogP contribution in [0.4, 0.5) is 0 Å². The Bertz CT molecular complexity index is 1250. The summed E-state index contributed by atoms with van der Waals surface area (Å²) in [6.07, 6.45) is 1.21. The number of rotatable bonds is 7. The number of nitrogens with one attached hydrogen (secondary N) is 1. The minimum atomic E-state index is -1.06. The Morgan fingerprint density at radius 3 is 2.64 bits per heavy atom. The van der Waals surface area contributed by atoms with Crippen molar-refractivity contribution < 1.29 is 33.4 Å². The summed E-state index contributed by atoms with van der Waals surface area (Å²) in [5, 5.41) is 10.3. The molecule has 4 amide bonds. The largest absolute Gasteiger partial charge is 0.483 e. The minimum absolute atomic E-state index is 0.0355. The highest BCUT2D eigenvalue weighted by molar-refractivity contribution is 6.24. The van der Waals surface area contributed by atoms with Gasteiger partial charge in [-0.2, -0.15) is 0 Å². The molecule has 0 saturated carbocycles. The molecular weight excluding hydrogens is 470 g/mol. The van der Waals surface area contributed by atoms with Gasteiger partial charge in [-0.15, -0.1) is 5.10 Å². The first-order valence-electron chi connectivity index (χ1n) is 11.6. The minimum Gasteiger partial charge on any atom is -0.483 e. The SMILES string of the molecule is CC(Oc1cccc2c1C(=O)N(C1CCC(=O)NC1=O)C2=O)c1cn(CCC(=O)OC(C)(C)C)nn1. The molecule has 2 aromatic rings. The third kappa shape index (κ3) is 5.11. The van der Waals surface area contributed by atoms with Gasteiger partial charge >= 0.3 is 5.97 Å². The molecule has 36 heavy (non-hydrogen) atoms. The molecule has 3 heterocycles. The number of carbonyl (C=O) groups is 5. The number of imide groups is 2. The molecule has 190 valence electrons. The van der Waals surface area contributed by atoms with Crippen LogP contribution in [-0.2, 0) is 25.7 Å². The van der Waals surface area contributed by atoms with Crippen molar-refractivity contribution in [2.45, 2.75) is 71.2 Å². The summed E-state index contributed by atoms with van der Waals surface area (Å²) >= 11 is 0. The first-order chi connectivity index (χ1) is 16.9. The zero-order valence-corrected chi connectivity index (χ0v) is 20.4. The van der Waals surface area contributed by atoms with Crippen LogP contribution < -0.4 is 10.1 Å². The van der Waals surface area contributed by atoms with E-state index in [-0.39, 0.29) is 48.7 Å². The monoisotopic (exact) mass is 497 g/mol. The van der Waals surface area contributed by atoms with Gasteiger partial charge in [0, 0.05) is 6.42 Å². The van der Waals surface area contributed by atoms with E-state index in [4.69, 9.17) is 9.47 Å². The van der Waals surface area contributed by atoms with E-state index in [0.717, 1.165) is 4.90 Å². The molecule has 0 aliphatic carbocycles. The van der Waals surface area contributed by atoms with Gasteiger partial charge in [-0.05, 0) is 46.2 Å². The van der Waals surface area contributed by atoms with E-state index in [1.807, 2.05) is 0 Å². The third-order valence-corrected chi connectivity index (χ3v) is 5.67. The van der Waals surface area contributed by atoms with Crippen LogP contribution in [0.2, 0.25) is 0 Å². The highest BCUT2D eigenvalue weighted by atomic mass is 16.6. The van der Waals surface area contributed by atoms with Crippen LogP contribution in [0.25, 0.3) is 0 Å². The summed E-state index contributed by atoms with van der Waals surface area (Å²) in [5.41, 5.74) is 0.0533. The van der Waals surface area contributed by atoms with Gasteiger partial charge in [0.25, 0.3) is 11.8 Å². The molecule has 12 nitrogen and oxygen atoms in total. The van der Waals surface area contributed by atoms with Crippen molar-refractivity contribution in [3.05, 3.63) is 41.2 Å². The maximum Gasteiger partial charge on any atom is 0.308 e. The van der Waals surface area contributed by atoms with E-state index >= 15 is 0 Å². The highest BCUT2D eigenvalue weighted by Crippen LogP contribution is 2.35. The van der Waals surface area contributed by atoms with Crippen molar-refractivity contribution in [1.82, 2.24) is 25.2 Å². The van der Waals surface area contributed by atoms with Gasteiger partial charge in [-0.1, -0.05) is 11.3 Å². The van der Waals surface area contributed by atoms with Crippen molar-refractivity contribution >= 4 is 29.6 Å². The lowest BCUT2D eigenvalue weighted by Gasteiger charge is -2.27. The number of benzene rings is 1. The second-order valence-corrected chi connectivity index (χ2v) is 9.63. The topological polar surface area (TPSA) is 150 Å². The van der Waals surface area contributed by atoms with E-state index in [9.17, 15) is 24.0 Å². The van der Waals surface area contributed by atoms with Crippen molar-refractivity contribution in [1.29, 1.82) is 0 Å². The van der Waals surface area contributed by atoms with Gasteiger partial charge in [0.2, 0.25) is 11.8 Å². The van der Waals surface area contributed by atoms with Gasteiger partial charge < -0.3 is 9.47 Å². The summed E-state index contributed by atoms with van der Waals surface area (Å²) in [4.78, 5) is 62.8. The summed E-state index contributed by atoms with van der Waals surface area (Å²) in [6, 6.07) is 3.57. The molecule has 2 unspecified atom stereocenters. The van der Waals surface area contributed by atoms with Crippen LogP contribution in [0.15, 0.2) is 24.4 Å². The Kier molecular flexibility index (Phi) is 6.61. The van der Waals surface area contributed by atoms with Gasteiger partial charge in [-0.25, -0.2) is 0 Å². The fourth-order valence-corrected chi connectivity index (χ4v) is 4.04. The Morgan fingerprint density at radius 1 is 1.19 bits per heavy atom. The van der Waals surface area contributed by atoms with Crippen LogP contribution in [0.1, 0.15) is 79.5 Å². The number of amides is 4. The molecule has 0 spiro atoms. The van der Waals surface area contributed by atoms with E-state index in [1.54, 1.807) is 46.0 Å². The quantitative estimate of drug-likeness (QED) is 0.444. The average Bonchev–Trinajstić information content (AvgIpc) is 3.36.